The van der Waals surface area contributed by atoms with Gasteiger partial charge >= 0.3 is 12.1 Å². The number of fused-ring (bicyclic) bond motifs is 2. The number of methoxy groups -OCH3 is 1. The van der Waals surface area contributed by atoms with Gasteiger partial charge in [0.15, 0.2) is 5.60 Å². The number of hydrogen-bond acceptors (Lipinski definition) is 6. The van der Waals surface area contributed by atoms with E-state index >= 15 is 0 Å². The van der Waals surface area contributed by atoms with Gasteiger partial charge in [0.2, 0.25) is 5.91 Å². The van der Waals surface area contributed by atoms with Gasteiger partial charge in [0, 0.05) is 31.6 Å². The van der Waals surface area contributed by atoms with E-state index in [1.807, 2.05) is 47.4 Å². The molecule has 3 aliphatic heterocycles. The third-order valence-corrected chi connectivity index (χ3v) is 8.60. The number of carbonyl (C=O) groups is 3. The fourth-order valence-corrected chi connectivity index (χ4v) is 6.23. The Morgan fingerprint density at radius 1 is 0.889 bits per heavy atom. The topological polar surface area (TPSA) is 96.4 Å². The zero-order valence-electron chi connectivity index (χ0n) is 20.4. The van der Waals surface area contributed by atoms with Gasteiger partial charge in [-0.15, -0.1) is 0 Å². The van der Waals surface area contributed by atoms with Crippen LogP contribution >= 0.6 is 0 Å². The third kappa shape index (κ3) is 3.42. The van der Waals surface area contributed by atoms with Crippen molar-refractivity contribution < 1.29 is 29.0 Å². The molecule has 2 aromatic rings. The number of aliphatic hydroxyl groups is 1. The Kier molecular flexibility index (Phi) is 5.16. The van der Waals surface area contributed by atoms with Gasteiger partial charge in [0.05, 0.1) is 30.2 Å². The quantitative estimate of drug-likeness (QED) is 0.665. The molecule has 188 valence electrons. The molecule has 1 aliphatic carbocycles. The van der Waals surface area contributed by atoms with Gasteiger partial charge in [-0.2, -0.15) is 0 Å². The lowest BCUT2D eigenvalue weighted by Gasteiger charge is -2.38. The average molecular weight is 491 g/mol. The van der Waals surface area contributed by atoms with Crippen molar-refractivity contribution >= 4 is 18.0 Å². The Balaban J connectivity index is 1.17. The Bertz CT molecular complexity index is 1230. The van der Waals surface area contributed by atoms with Crippen LogP contribution in [0.4, 0.5) is 4.79 Å². The van der Waals surface area contributed by atoms with Gasteiger partial charge in [-0.3, -0.25) is 4.79 Å². The molecule has 3 heterocycles. The first-order valence-corrected chi connectivity index (χ1v) is 12.6. The molecule has 8 heteroatoms. The summed E-state index contributed by atoms with van der Waals surface area (Å²) in [6, 6.07) is 15.2. The zero-order chi connectivity index (χ0) is 25.1. The van der Waals surface area contributed by atoms with E-state index in [4.69, 9.17) is 9.47 Å². The maximum atomic E-state index is 13.7. The second-order valence-corrected chi connectivity index (χ2v) is 10.6. The Labute approximate surface area is 209 Å². The van der Waals surface area contributed by atoms with E-state index in [9.17, 15) is 19.5 Å². The third-order valence-electron chi connectivity index (χ3n) is 8.60. The first-order chi connectivity index (χ1) is 17.3. The highest BCUT2D eigenvalue weighted by Crippen LogP contribution is 2.52. The molecule has 4 aliphatic rings. The Morgan fingerprint density at radius 3 is 2.19 bits per heavy atom. The normalized spacial score (nSPS) is 25.4. The smallest absolute Gasteiger partial charge is 0.409 e. The average Bonchev–Trinajstić information content (AvgIpc) is 3.54. The summed E-state index contributed by atoms with van der Waals surface area (Å²) < 4.78 is 10.6. The molecule has 36 heavy (non-hydrogen) atoms. The fourth-order valence-electron chi connectivity index (χ4n) is 6.23. The number of esters is 1. The summed E-state index contributed by atoms with van der Waals surface area (Å²) >= 11 is 0. The van der Waals surface area contributed by atoms with Gasteiger partial charge < -0.3 is 24.4 Å². The van der Waals surface area contributed by atoms with Crippen LogP contribution in [0.5, 0.6) is 0 Å². The predicted molar refractivity (Wildman–Crippen MR) is 129 cm³/mol. The fraction of sp³-hybridized carbons (Fsp3) is 0.464. The van der Waals surface area contributed by atoms with Crippen LogP contribution < -0.4 is 0 Å². The molecule has 6 rings (SSSR count). The minimum absolute atomic E-state index is 0.0812. The minimum Gasteiger partial charge on any atom is -0.453 e. The molecule has 1 N–H and O–H groups in total. The molecule has 2 amide bonds. The number of likely N-dealkylation sites (tertiary alicyclic amines) is 2. The number of rotatable bonds is 3. The van der Waals surface area contributed by atoms with Crippen LogP contribution in [0, 0.1) is 0 Å². The van der Waals surface area contributed by atoms with E-state index in [1.54, 1.807) is 11.0 Å². The molecule has 2 saturated heterocycles. The van der Waals surface area contributed by atoms with Crippen molar-refractivity contribution in [3.63, 3.8) is 0 Å². The van der Waals surface area contributed by atoms with Crippen molar-refractivity contribution in [2.45, 2.75) is 48.7 Å². The van der Waals surface area contributed by atoms with Gasteiger partial charge in [-0.05, 0) is 42.9 Å². The molecule has 3 fully saturated rings. The summed E-state index contributed by atoms with van der Waals surface area (Å²) in [6.07, 6.45) is 2.66. The summed E-state index contributed by atoms with van der Waals surface area (Å²) in [5, 5.41) is 11.2. The number of nitrogens with zero attached hydrogens (tertiary/aromatic N) is 2. The zero-order valence-corrected chi connectivity index (χ0v) is 20.4. The van der Waals surface area contributed by atoms with Crippen LogP contribution in [0.1, 0.15) is 59.2 Å². The highest BCUT2D eigenvalue weighted by Gasteiger charge is 2.57. The lowest BCUT2D eigenvalue weighted by Crippen LogP contribution is -2.45. The van der Waals surface area contributed by atoms with E-state index in [2.05, 4.69) is 0 Å². The molecule has 0 unspecified atom stereocenters. The number of hydrogen-bond donors (Lipinski definition) is 1. The molecule has 0 aromatic heterocycles. The molecule has 0 bridgehead atoms. The van der Waals surface area contributed by atoms with Crippen molar-refractivity contribution in [3.8, 4) is 0 Å². The monoisotopic (exact) mass is 490 g/mol. The molecule has 8 nitrogen and oxygen atoms in total. The highest BCUT2D eigenvalue weighted by atomic mass is 16.6. The SMILES string of the molecule is COC(=O)N1CCC(O)(c2ccc(C3(C(=O)N4CC[C@@]5(C4)OC(=O)c4ccccc45)CC3)cc2)CC1. The maximum absolute atomic E-state index is 13.7. The highest BCUT2D eigenvalue weighted by molar-refractivity contribution is 5.96. The predicted octanol–water partition coefficient (Wildman–Crippen LogP) is 3.07. The Morgan fingerprint density at radius 2 is 1.53 bits per heavy atom. The van der Waals surface area contributed by atoms with Crippen molar-refractivity contribution in [2.75, 3.05) is 33.3 Å². The van der Waals surface area contributed by atoms with E-state index in [0.29, 0.717) is 51.0 Å². The van der Waals surface area contributed by atoms with Crippen LogP contribution in [0.3, 0.4) is 0 Å². The molecule has 1 saturated carbocycles. The summed E-state index contributed by atoms with van der Waals surface area (Å²) in [7, 11) is 1.36. The van der Waals surface area contributed by atoms with Crippen LogP contribution in [-0.4, -0.2) is 66.2 Å². The lowest BCUT2D eigenvalue weighted by atomic mass is 9.83. The lowest BCUT2D eigenvalue weighted by molar-refractivity contribution is -0.134. The maximum Gasteiger partial charge on any atom is 0.409 e. The molecule has 0 radical (unpaired) electrons. The molecular weight excluding hydrogens is 460 g/mol. The second-order valence-electron chi connectivity index (χ2n) is 10.6. The van der Waals surface area contributed by atoms with E-state index < -0.39 is 16.6 Å². The van der Waals surface area contributed by atoms with Gasteiger partial charge in [0.25, 0.3) is 0 Å². The second kappa shape index (κ2) is 8.06. The number of carbonyl (C=O) groups excluding carboxylic acids is 3. The van der Waals surface area contributed by atoms with Gasteiger partial charge in [0.1, 0.15) is 0 Å². The van der Waals surface area contributed by atoms with Crippen LogP contribution in [-0.2, 0) is 30.9 Å². The largest absolute Gasteiger partial charge is 0.453 e. The first kappa shape index (κ1) is 23.0. The van der Waals surface area contributed by atoms with Crippen molar-refractivity contribution in [3.05, 3.63) is 70.8 Å². The number of ether oxygens (including phenoxy) is 2. The number of benzene rings is 2. The van der Waals surface area contributed by atoms with E-state index in [-0.39, 0.29) is 18.0 Å². The van der Waals surface area contributed by atoms with Crippen molar-refractivity contribution in [1.29, 1.82) is 0 Å². The molecule has 1 atom stereocenters. The summed E-state index contributed by atoms with van der Waals surface area (Å²) in [4.78, 5) is 41.4. The summed E-state index contributed by atoms with van der Waals surface area (Å²) in [5.74, 6) is -0.232. The summed E-state index contributed by atoms with van der Waals surface area (Å²) in [6.45, 7) is 1.79. The Hall–Kier alpha value is -3.39. The minimum atomic E-state index is -1.01. The van der Waals surface area contributed by atoms with Crippen LogP contribution in [0.25, 0.3) is 0 Å². The number of piperidine rings is 1. The molecule has 2 aromatic carbocycles. The van der Waals surface area contributed by atoms with Gasteiger partial charge in [-0.1, -0.05) is 42.5 Å². The number of amides is 2. The summed E-state index contributed by atoms with van der Waals surface area (Å²) in [5.41, 5.74) is 0.926. The first-order valence-electron chi connectivity index (χ1n) is 12.6. The standard InChI is InChI=1S/C28H30N2O6/c1-35-25(33)29-15-12-27(34,13-16-29)20-8-6-19(7-9-20)26(10-11-26)24(32)30-17-14-28(18-30)22-5-3-2-4-21(22)23(31)36-28/h2-9,34H,10-18H2,1H3/t28-/m0/s1. The van der Waals surface area contributed by atoms with Crippen molar-refractivity contribution in [2.24, 2.45) is 0 Å². The van der Waals surface area contributed by atoms with Gasteiger partial charge in [-0.25, -0.2) is 9.59 Å². The van der Waals surface area contributed by atoms with E-state index in [1.165, 1.54) is 7.11 Å². The van der Waals surface area contributed by atoms with Crippen molar-refractivity contribution in [1.82, 2.24) is 9.80 Å². The van der Waals surface area contributed by atoms with E-state index in [0.717, 1.165) is 29.5 Å². The van der Waals surface area contributed by atoms with Crippen LogP contribution in [0.15, 0.2) is 48.5 Å². The van der Waals surface area contributed by atoms with Crippen LogP contribution in [0.2, 0.25) is 0 Å². The molecule has 1 spiro atoms. The molecular formula is C28H30N2O6.